The minimum Gasteiger partial charge on any atom is -0.205 e. The molecular formula is C17H28N+. The SMILES string of the molecule is C=Cc1cc[n+](CCCCCCCCCC)cc1. The van der Waals surface area contributed by atoms with Crippen LogP contribution >= 0.6 is 0 Å². The molecule has 0 spiro atoms. The molecule has 18 heavy (non-hydrogen) atoms. The van der Waals surface area contributed by atoms with Crippen molar-refractivity contribution >= 4 is 6.08 Å². The fourth-order valence-corrected chi connectivity index (χ4v) is 2.18. The molecule has 0 N–H and O–H groups in total. The minimum atomic E-state index is 1.15. The first-order valence-electron chi connectivity index (χ1n) is 7.48. The van der Waals surface area contributed by atoms with Crippen molar-refractivity contribution in [2.75, 3.05) is 0 Å². The lowest BCUT2D eigenvalue weighted by Gasteiger charge is -2.00. The van der Waals surface area contributed by atoms with Crippen LogP contribution in [0.25, 0.3) is 6.08 Å². The third-order valence-electron chi connectivity index (χ3n) is 3.42. The van der Waals surface area contributed by atoms with Gasteiger partial charge >= 0.3 is 0 Å². The zero-order valence-corrected chi connectivity index (χ0v) is 11.9. The molecule has 0 aliphatic rings. The lowest BCUT2D eigenvalue weighted by molar-refractivity contribution is -0.697. The van der Waals surface area contributed by atoms with E-state index < -0.39 is 0 Å². The average molecular weight is 246 g/mol. The average Bonchev–Trinajstić information content (AvgIpc) is 2.42. The molecule has 0 saturated carbocycles. The first-order chi connectivity index (χ1) is 8.86. The van der Waals surface area contributed by atoms with Crippen LogP contribution in [0.5, 0.6) is 0 Å². The van der Waals surface area contributed by atoms with E-state index in [4.69, 9.17) is 0 Å². The Labute approximate surface area is 113 Å². The second kappa shape index (κ2) is 9.87. The van der Waals surface area contributed by atoms with Crippen LogP contribution in [0.4, 0.5) is 0 Å². The van der Waals surface area contributed by atoms with Crippen LogP contribution in [-0.4, -0.2) is 0 Å². The van der Waals surface area contributed by atoms with Crippen molar-refractivity contribution in [2.45, 2.75) is 64.8 Å². The number of nitrogens with zero attached hydrogens (tertiary/aromatic N) is 1. The van der Waals surface area contributed by atoms with Crippen LogP contribution in [0.1, 0.15) is 63.9 Å². The Morgan fingerprint density at radius 1 is 0.944 bits per heavy atom. The van der Waals surface area contributed by atoms with Crippen LogP contribution in [-0.2, 0) is 6.54 Å². The highest BCUT2D eigenvalue weighted by Crippen LogP contribution is 2.08. The quantitative estimate of drug-likeness (QED) is 0.414. The van der Waals surface area contributed by atoms with Crippen LogP contribution in [0.3, 0.4) is 0 Å². The zero-order valence-electron chi connectivity index (χ0n) is 11.9. The lowest BCUT2D eigenvalue weighted by atomic mass is 10.1. The molecule has 1 aromatic heterocycles. The Bertz CT molecular complexity index is 313. The molecule has 0 amide bonds. The van der Waals surface area contributed by atoms with Crippen LogP contribution in [0.2, 0.25) is 0 Å². The number of unbranched alkanes of at least 4 members (excludes halogenated alkanes) is 7. The molecule has 0 bridgehead atoms. The van der Waals surface area contributed by atoms with Crippen molar-refractivity contribution in [1.29, 1.82) is 0 Å². The van der Waals surface area contributed by atoms with E-state index >= 15 is 0 Å². The highest BCUT2D eigenvalue weighted by atomic mass is 14.9. The summed E-state index contributed by atoms with van der Waals surface area (Å²) in [6.45, 7) is 7.19. The summed E-state index contributed by atoms with van der Waals surface area (Å²) in [7, 11) is 0. The largest absolute Gasteiger partial charge is 0.205 e. The van der Waals surface area contributed by atoms with Crippen molar-refractivity contribution < 1.29 is 4.57 Å². The summed E-state index contributed by atoms with van der Waals surface area (Å²) >= 11 is 0. The third kappa shape index (κ3) is 6.58. The Morgan fingerprint density at radius 2 is 1.50 bits per heavy atom. The first-order valence-corrected chi connectivity index (χ1v) is 7.48. The number of rotatable bonds is 10. The van der Waals surface area contributed by atoms with Gasteiger partial charge in [-0.1, -0.05) is 58.1 Å². The molecule has 0 atom stereocenters. The fourth-order valence-electron chi connectivity index (χ4n) is 2.18. The van der Waals surface area contributed by atoms with Gasteiger partial charge < -0.3 is 0 Å². The number of pyridine rings is 1. The van der Waals surface area contributed by atoms with Crippen molar-refractivity contribution in [3.05, 3.63) is 36.7 Å². The smallest absolute Gasteiger partial charge is 0.169 e. The van der Waals surface area contributed by atoms with Crippen molar-refractivity contribution in [3.63, 3.8) is 0 Å². The fraction of sp³-hybridized carbons (Fsp3) is 0.588. The van der Waals surface area contributed by atoms with E-state index in [1.165, 1.54) is 56.9 Å². The molecule has 0 aliphatic heterocycles. The van der Waals surface area contributed by atoms with Crippen LogP contribution < -0.4 is 4.57 Å². The predicted molar refractivity (Wildman–Crippen MR) is 79.3 cm³/mol. The number of hydrogen-bond acceptors (Lipinski definition) is 0. The number of aromatic nitrogens is 1. The van der Waals surface area contributed by atoms with Crippen LogP contribution in [0.15, 0.2) is 31.1 Å². The molecule has 100 valence electrons. The standard InChI is InChI=1S/C17H28N/c1-3-5-6-7-8-9-10-11-14-18-15-12-17(4-2)13-16-18/h4,12-13,15-16H,2-3,5-11,14H2,1H3/q+1. The summed E-state index contributed by atoms with van der Waals surface area (Å²) in [5.41, 5.74) is 1.20. The molecule has 0 aliphatic carbocycles. The van der Waals surface area contributed by atoms with Crippen molar-refractivity contribution in [1.82, 2.24) is 0 Å². The molecular weight excluding hydrogens is 218 g/mol. The van der Waals surface area contributed by atoms with Crippen molar-refractivity contribution in [2.24, 2.45) is 0 Å². The molecule has 1 nitrogen and oxygen atoms in total. The summed E-state index contributed by atoms with van der Waals surface area (Å²) < 4.78 is 2.27. The summed E-state index contributed by atoms with van der Waals surface area (Å²) in [6.07, 6.45) is 17.3. The third-order valence-corrected chi connectivity index (χ3v) is 3.42. The molecule has 1 rings (SSSR count). The maximum atomic E-state index is 3.77. The first kappa shape index (κ1) is 14.9. The van der Waals surface area contributed by atoms with E-state index in [2.05, 4.69) is 42.6 Å². The summed E-state index contributed by atoms with van der Waals surface area (Å²) in [4.78, 5) is 0. The van der Waals surface area contributed by atoms with E-state index in [0.29, 0.717) is 0 Å². The Balaban J connectivity index is 2.01. The molecule has 0 unspecified atom stereocenters. The molecule has 1 aromatic rings. The summed E-state index contributed by atoms with van der Waals surface area (Å²) in [5.74, 6) is 0. The van der Waals surface area contributed by atoms with E-state index in [0.717, 1.165) is 6.54 Å². The zero-order chi connectivity index (χ0) is 13.1. The van der Waals surface area contributed by atoms with Gasteiger partial charge in [0.05, 0.1) is 0 Å². The normalized spacial score (nSPS) is 10.5. The molecule has 1 heterocycles. The van der Waals surface area contributed by atoms with E-state index in [-0.39, 0.29) is 0 Å². The molecule has 0 radical (unpaired) electrons. The molecule has 0 aromatic carbocycles. The number of hydrogen-bond donors (Lipinski definition) is 0. The van der Waals surface area contributed by atoms with Gasteiger partial charge in [-0.05, 0) is 12.0 Å². The van der Waals surface area contributed by atoms with Gasteiger partial charge in [-0.2, -0.15) is 0 Å². The topological polar surface area (TPSA) is 3.88 Å². The second-order valence-electron chi connectivity index (χ2n) is 5.05. The van der Waals surface area contributed by atoms with Gasteiger partial charge in [0.1, 0.15) is 6.54 Å². The highest BCUT2D eigenvalue weighted by molar-refractivity contribution is 5.44. The van der Waals surface area contributed by atoms with Gasteiger partial charge in [-0.15, -0.1) is 0 Å². The van der Waals surface area contributed by atoms with Gasteiger partial charge in [0.25, 0.3) is 0 Å². The van der Waals surface area contributed by atoms with Gasteiger partial charge in [0.15, 0.2) is 12.4 Å². The van der Waals surface area contributed by atoms with Crippen molar-refractivity contribution in [3.8, 4) is 0 Å². The second-order valence-corrected chi connectivity index (χ2v) is 5.05. The molecule has 0 saturated heterocycles. The lowest BCUT2D eigenvalue weighted by Crippen LogP contribution is -2.32. The molecule has 0 fully saturated rings. The van der Waals surface area contributed by atoms with Crippen LogP contribution in [0, 0.1) is 0 Å². The predicted octanol–water partition coefficient (Wildman–Crippen LogP) is 4.76. The highest BCUT2D eigenvalue weighted by Gasteiger charge is 1.99. The maximum absolute atomic E-state index is 3.77. The van der Waals surface area contributed by atoms with Gasteiger partial charge in [0, 0.05) is 18.6 Å². The molecule has 1 heteroatoms. The Kier molecular flexibility index (Phi) is 8.20. The van der Waals surface area contributed by atoms with Gasteiger partial charge in [0.2, 0.25) is 0 Å². The summed E-state index contributed by atoms with van der Waals surface area (Å²) in [6, 6.07) is 4.25. The Morgan fingerprint density at radius 3 is 2.06 bits per heavy atom. The monoisotopic (exact) mass is 246 g/mol. The Hall–Kier alpha value is -1.11. The minimum absolute atomic E-state index is 1.15. The van der Waals surface area contributed by atoms with E-state index in [1.807, 2.05) is 6.08 Å². The summed E-state index contributed by atoms with van der Waals surface area (Å²) in [5, 5.41) is 0. The maximum Gasteiger partial charge on any atom is 0.169 e. The van der Waals surface area contributed by atoms with Gasteiger partial charge in [-0.3, -0.25) is 0 Å². The van der Waals surface area contributed by atoms with Gasteiger partial charge in [-0.25, -0.2) is 4.57 Å². The van der Waals surface area contributed by atoms with E-state index in [9.17, 15) is 0 Å². The number of aryl methyl sites for hydroxylation is 1. The van der Waals surface area contributed by atoms with E-state index in [1.54, 1.807) is 0 Å².